The first-order valence-electron chi connectivity index (χ1n) is 5.09. The van der Waals surface area contributed by atoms with E-state index in [1.54, 1.807) is 13.0 Å². The Kier molecular flexibility index (Phi) is 4.29. The third-order valence-corrected chi connectivity index (χ3v) is 2.91. The van der Waals surface area contributed by atoms with Gasteiger partial charge in [-0.1, -0.05) is 13.8 Å². The van der Waals surface area contributed by atoms with Crippen LogP contribution in [-0.2, 0) is 0 Å². The number of pyridine rings is 1. The molecule has 1 rings (SSSR count). The van der Waals surface area contributed by atoms with Gasteiger partial charge in [0.2, 0.25) is 0 Å². The molecule has 1 aromatic heterocycles. The van der Waals surface area contributed by atoms with Gasteiger partial charge in [0.1, 0.15) is 5.56 Å². The van der Waals surface area contributed by atoms with Gasteiger partial charge in [0.15, 0.2) is 0 Å². The minimum atomic E-state index is -0.359. The largest absolute Gasteiger partial charge is 0.352 e. The molecule has 1 aromatic rings. The van der Waals surface area contributed by atoms with Crippen molar-refractivity contribution in [1.82, 2.24) is 10.3 Å². The van der Waals surface area contributed by atoms with E-state index in [0.717, 1.165) is 4.47 Å². The number of aromatic nitrogens is 1. The highest BCUT2D eigenvalue weighted by Crippen LogP contribution is 2.12. The van der Waals surface area contributed by atoms with Crippen LogP contribution in [0, 0.1) is 12.8 Å². The topological polar surface area (TPSA) is 62.0 Å². The van der Waals surface area contributed by atoms with Gasteiger partial charge in [-0.05, 0) is 34.8 Å². The summed E-state index contributed by atoms with van der Waals surface area (Å²) in [5.74, 6) is 0.0209. The zero-order valence-corrected chi connectivity index (χ0v) is 11.1. The Bertz CT molecular complexity index is 452. The fraction of sp³-hybridized carbons (Fsp3) is 0.455. The van der Waals surface area contributed by atoms with Crippen molar-refractivity contribution in [2.45, 2.75) is 20.8 Å². The maximum absolute atomic E-state index is 11.7. The molecule has 0 aliphatic heterocycles. The van der Waals surface area contributed by atoms with Crippen LogP contribution in [0.4, 0.5) is 0 Å². The monoisotopic (exact) mass is 286 g/mol. The predicted molar refractivity (Wildman–Crippen MR) is 66.7 cm³/mol. The summed E-state index contributed by atoms with van der Waals surface area (Å²) in [6.07, 6.45) is 0. The average Bonchev–Trinajstić information content (AvgIpc) is 2.20. The van der Waals surface area contributed by atoms with Crippen molar-refractivity contribution in [3.05, 3.63) is 32.2 Å². The van der Waals surface area contributed by atoms with Crippen LogP contribution in [0.5, 0.6) is 0 Å². The first-order chi connectivity index (χ1) is 7.41. The Hall–Kier alpha value is -1.10. The van der Waals surface area contributed by atoms with Gasteiger partial charge in [-0.25, -0.2) is 0 Å². The molecule has 16 heavy (non-hydrogen) atoms. The highest BCUT2D eigenvalue weighted by atomic mass is 79.9. The summed E-state index contributed by atoms with van der Waals surface area (Å²) < 4.78 is 0.724. The van der Waals surface area contributed by atoms with E-state index in [0.29, 0.717) is 18.2 Å². The van der Waals surface area contributed by atoms with Gasteiger partial charge in [0, 0.05) is 16.7 Å². The number of halogens is 1. The van der Waals surface area contributed by atoms with E-state index < -0.39 is 0 Å². The van der Waals surface area contributed by atoms with Crippen LogP contribution in [0.15, 0.2) is 15.3 Å². The van der Waals surface area contributed by atoms with Crippen LogP contribution in [0.3, 0.4) is 0 Å². The molecule has 4 nitrogen and oxygen atoms in total. The maximum Gasteiger partial charge on any atom is 0.261 e. The van der Waals surface area contributed by atoms with E-state index in [-0.39, 0.29) is 17.0 Å². The van der Waals surface area contributed by atoms with Gasteiger partial charge in [-0.15, -0.1) is 0 Å². The summed E-state index contributed by atoms with van der Waals surface area (Å²) in [4.78, 5) is 25.8. The van der Waals surface area contributed by atoms with Crippen molar-refractivity contribution >= 4 is 21.8 Å². The molecular formula is C11H15BrN2O2. The number of hydrogen-bond acceptors (Lipinski definition) is 2. The third-order valence-electron chi connectivity index (χ3n) is 2.09. The van der Waals surface area contributed by atoms with Crippen molar-refractivity contribution < 1.29 is 4.79 Å². The summed E-state index contributed by atoms with van der Waals surface area (Å²) in [7, 11) is 0. The first-order valence-corrected chi connectivity index (χ1v) is 5.88. The summed E-state index contributed by atoms with van der Waals surface area (Å²) in [5, 5.41) is 2.71. The number of amides is 1. The Morgan fingerprint density at radius 2 is 2.19 bits per heavy atom. The number of carbonyl (C=O) groups is 1. The molecule has 0 aromatic carbocycles. The van der Waals surface area contributed by atoms with Crippen LogP contribution < -0.4 is 10.9 Å². The second kappa shape index (κ2) is 5.30. The minimum absolute atomic E-state index is 0.137. The quantitative estimate of drug-likeness (QED) is 0.891. The second-order valence-corrected chi connectivity index (χ2v) is 4.94. The Balaban J connectivity index is 2.92. The molecule has 0 bridgehead atoms. The molecule has 1 amide bonds. The molecule has 2 N–H and O–H groups in total. The van der Waals surface area contributed by atoms with Crippen LogP contribution in [0.25, 0.3) is 0 Å². The summed E-state index contributed by atoms with van der Waals surface area (Å²) in [6.45, 7) is 6.32. The van der Waals surface area contributed by atoms with Gasteiger partial charge >= 0.3 is 0 Å². The lowest BCUT2D eigenvalue weighted by atomic mass is 10.2. The van der Waals surface area contributed by atoms with Crippen LogP contribution in [-0.4, -0.2) is 17.4 Å². The van der Waals surface area contributed by atoms with Gasteiger partial charge in [-0.3, -0.25) is 9.59 Å². The maximum atomic E-state index is 11.7. The molecule has 0 radical (unpaired) electrons. The van der Waals surface area contributed by atoms with Crippen molar-refractivity contribution in [2.24, 2.45) is 5.92 Å². The lowest BCUT2D eigenvalue weighted by Gasteiger charge is -2.07. The van der Waals surface area contributed by atoms with Gasteiger partial charge in [-0.2, -0.15) is 0 Å². The average molecular weight is 287 g/mol. The molecule has 0 fully saturated rings. The summed E-state index contributed by atoms with van der Waals surface area (Å²) >= 11 is 3.28. The SMILES string of the molecule is Cc1[nH]c(=O)c(C(=O)NCC(C)C)cc1Br. The molecule has 0 aliphatic rings. The van der Waals surface area contributed by atoms with E-state index in [9.17, 15) is 9.59 Å². The fourth-order valence-corrected chi connectivity index (χ4v) is 1.49. The lowest BCUT2D eigenvalue weighted by Crippen LogP contribution is -2.32. The highest BCUT2D eigenvalue weighted by molar-refractivity contribution is 9.10. The number of H-pyrrole nitrogens is 1. The van der Waals surface area contributed by atoms with E-state index in [2.05, 4.69) is 26.2 Å². The Labute approximate surface area is 103 Å². The van der Waals surface area contributed by atoms with Crippen LogP contribution in [0.1, 0.15) is 29.9 Å². The number of carbonyl (C=O) groups excluding carboxylic acids is 1. The van der Waals surface area contributed by atoms with E-state index in [1.807, 2.05) is 13.8 Å². The van der Waals surface area contributed by atoms with Gasteiger partial charge < -0.3 is 10.3 Å². The molecule has 0 spiro atoms. The normalized spacial score (nSPS) is 10.6. The van der Waals surface area contributed by atoms with Crippen LogP contribution >= 0.6 is 15.9 Å². The van der Waals surface area contributed by atoms with Gasteiger partial charge in [0.05, 0.1) is 0 Å². The van der Waals surface area contributed by atoms with Crippen molar-refractivity contribution in [2.75, 3.05) is 6.54 Å². The number of aryl methyl sites for hydroxylation is 1. The predicted octanol–water partition coefficient (Wildman–Crippen LogP) is 1.83. The summed E-state index contributed by atoms with van der Waals surface area (Å²) in [5.41, 5.74) is 0.491. The number of rotatable bonds is 3. The molecule has 0 saturated carbocycles. The minimum Gasteiger partial charge on any atom is -0.352 e. The molecule has 5 heteroatoms. The number of aromatic amines is 1. The molecule has 0 aliphatic carbocycles. The van der Waals surface area contributed by atoms with E-state index in [1.165, 1.54) is 0 Å². The fourth-order valence-electron chi connectivity index (χ4n) is 1.16. The van der Waals surface area contributed by atoms with E-state index >= 15 is 0 Å². The van der Waals surface area contributed by atoms with Crippen molar-refractivity contribution in [1.29, 1.82) is 0 Å². The molecule has 0 unspecified atom stereocenters. The molecular weight excluding hydrogens is 272 g/mol. The van der Waals surface area contributed by atoms with Gasteiger partial charge in [0.25, 0.3) is 11.5 Å². The lowest BCUT2D eigenvalue weighted by molar-refractivity contribution is 0.0947. The van der Waals surface area contributed by atoms with Crippen LogP contribution in [0.2, 0.25) is 0 Å². The van der Waals surface area contributed by atoms with Crippen molar-refractivity contribution in [3.8, 4) is 0 Å². The third kappa shape index (κ3) is 3.20. The summed E-state index contributed by atoms with van der Waals surface area (Å²) in [6, 6.07) is 1.55. The second-order valence-electron chi connectivity index (χ2n) is 4.09. The standard InChI is InChI=1S/C11H15BrN2O2/c1-6(2)5-13-10(15)8-4-9(12)7(3)14-11(8)16/h4,6H,5H2,1-3H3,(H,13,15)(H,14,16). The first kappa shape index (κ1) is 13.0. The number of hydrogen-bond donors (Lipinski definition) is 2. The molecule has 1 heterocycles. The Morgan fingerprint density at radius 3 is 2.75 bits per heavy atom. The van der Waals surface area contributed by atoms with Crippen molar-refractivity contribution in [3.63, 3.8) is 0 Å². The zero-order chi connectivity index (χ0) is 12.3. The molecule has 0 saturated heterocycles. The Morgan fingerprint density at radius 1 is 1.56 bits per heavy atom. The number of nitrogens with one attached hydrogen (secondary N) is 2. The van der Waals surface area contributed by atoms with E-state index in [4.69, 9.17) is 0 Å². The molecule has 0 atom stereocenters. The zero-order valence-electron chi connectivity index (χ0n) is 9.56. The molecule has 88 valence electrons. The smallest absolute Gasteiger partial charge is 0.261 e. The highest BCUT2D eigenvalue weighted by Gasteiger charge is 2.12.